The van der Waals surface area contributed by atoms with Crippen molar-refractivity contribution in [3.8, 4) is 0 Å². The van der Waals surface area contributed by atoms with E-state index in [1.165, 1.54) is 6.07 Å². The third kappa shape index (κ3) is 5.33. The fourth-order valence-corrected chi connectivity index (χ4v) is 2.63. The van der Waals surface area contributed by atoms with Crippen LogP contribution < -0.4 is 16.0 Å². The molecule has 7 nitrogen and oxygen atoms in total. The summed E-state index contributed by atoms with van der Waals surface area (Å²) in [6.45, 7) is 5.18. The van der Waals surface area contributed by atoms with Crippen molar-refractivity contribution in [1.29, 1.82) is 0 Å². The van der Waals surface area contributed by atoms with Crippen molar-refractivity contribution in [2.24, 2.45) is 0 Å². The Morgan fingerprint density at radius 1 is 1.04 bits per heavy atom. The third-order valence-electron chi connectivity index (χ3n) is 4.29. The number of hydrogen-bond donors (Lipinski definition) is 4. The molecular weight excluding hydrogens is 358 g/mol. The summed E-state index contributed by atoms with van der Waals surface area (Å²) in [5.74, 6) is -1.45. The van der Waals surface area contributed by atoms with E-state index in [0.717, 1.165) is 0 Å². The number of hydrogen-bond acceptors (Lipinski definition) is 3. The molecule has 28 heavy (non-hydrogen) atoms. The molecule has 4 N–H and O–H groups in total. The summed E-state index contributed by atoms with van der Waals surface area (Å²) in [6, 6.07) is 14.8. The lowest BCUT2D eigenvalue weighted by Crippen LogP contribution is -2.44. The molecule has 2 aromatic rings. The maximum atomic E-state index is 12.5. The van der Waals surface area contributed by atoms with Gasteiger partial charge in [-0.1, -0.05) is 36.4 Å². The predicted octanol–water partition coefficient (Wildman–Crippen LogP) is 2.99. The van der Waals surface area contributed by atoms with Crippen molar-refractivity contribution >= 4 is 23.6 Å². The van der Waals surface area contributed by atoms with Gasteiger partial charge in [0.15, 0.2) is 0 Å². The molecule has 1 atom stereocenters. The van der Waals surface area contributed by atoms with E-state index in [2.05, 4.69) is 16.0 Å². The largest absolute Gasteiger partial charge is 0.481 e. The van der Waals surface area contributed by atoms with Crippen LogP contribution in [-0.2, 0) is 10.2 Å². The average molecular weight is 383 g/mol. The number of carboxylic acids is 1. The van der Waals surface area contributed by atoms with Gasteiger partial charge >= 0.3 is 12.0 Å². The monoisotopic (exact) mass is 383 g/mol. The van der Waals surface area contributed by atoms with Crippen molar-refractivity contribution < 1.29 is 19.5 Å². The maximum absolute atomic E-state index is 12.5. The van der Waals surface area contributed by atoms with E-state index in [1.807, 2.05) is 13.8 Å². The minimum atomic E-state index is -1.26. The zero-order valence-electron chi connectivity index (χ0n) is 16.2. The molecule has 0 aromatic heterocycles. The van der Waals surface area contributed by atoms with Gasteiger partial charge in [-0.15, -0.1) is 0 Å². The first-order chi connectivity index (χ1) is 13.2. The number of aliphatic carboxylic acids is 1. The number of urea groups is 1. The Labute approximate surface area is 164 Å². The molecule has 0 aliphatic carbocycles. The quantitative estimate of drug-likeness (QED) is 0.589. The molecule has 0 aliphatic heterocycles. The molecule has 0 heterocycles. The highest BCUT2D eigenvalue weighted by Crippen LogP contribution is 2.23. The van der Waals surface area contributed by atoms with E-state index >= 15 is 0 Å². The van der Waals surface area contributed by atoms with Crippen LogP contribution in [0.1, 0.15) is 36.7 Å². The van der Waals surface area contributed by atoms with Gasteiger partial charge in [-0.05, 0) is 44.5 Å². The van der Waals surface area contributed by atoms with Crippen molar-refractivity contribution in [1.82, 2.24) is 10.6 Å². The molecule has 0 aliphatic rings. The number of amides is 3. The minimum absolute atomic E-state index is 0.0156. The van der Waals surface area contributed by atoms with Crippen LogP contribution >= 0.6 is 0 Å². The van der Waals surface area contributed by atoms with Crippen LogP contribution in [0.5, 0.6) is 0 Å². The highest BCUT2D eigenvalue weighted by Gasteiger charge is 2.35. The Balaban J connectivity index is 2.09. The first kappa shape index (κ1) is 21.0. The molecule has 0 fully saturated rings. The number of benzene rings is 2. The van der Waals surface area contributed by atoms with E-state index in [0.29, 0.717) is 16.8 Å². The molecule has 0 spiro atoms. The summed E-state index contributed by atoms with van der Waals surface area (Å²) in [6.07, 6.45) is 0. The maximum Gasteiger partial charge on any atom is 0.319 e. The Hall–Kier alpha value is -3.35. The van der Waals surface area contributed by atoms with E-state index in [-0.39, 0.29) is 18.6 Å². The molecule has 0 bridgehead atoms. The number of anilines is 1. The van der Waals surface area contributed by atoms with E-state index in [1.54, 1.807) is 55.5 Å². The fraction of sp³-hybridized carbons (Fsp3) is 0.286. The summed E-state index contributed by atoms with van der Waals surface area (Å²) < 4.78 is 0. The standard InChI is InChI=1S/C21H25N3O4/c1-14(2)23-20(28)24-17-11-7-8-15(12-17)18(25)22-13-21(3,19(26)27)16-9-5-4-6-10-16/h4-12,14H,13H2,1-3H3,(H,22,25)(H,26,27)(H2,23,24,28). The number of carboxylic acid groups (broad SMARTS) is 1. The second-order valence-corrected chi connectivity index (χ2v) is 7.02. The van der Waals surface area contributed by atoms with Gasteiger partial charge in [-0.2, -0.15) is 0 Å². The first-order valence-corrected chi connectivity index (χ1v) is 8.97. The summed E-state index contributed by atoms with van der Waals surface area (Å²) in [7, 11) is 0. The van der Waals surface area contributed by atoms with Crippen LogP contribution in [0.25, 0.3) is 0 Å². The number of nitrogens with one attached hydrogen (secondary N) is 3. The molecular formula is C21H25N3O4. The zero-order chi connectivity index (χ0) is 20.7. The Morgan fingerprint density at radius 2 is 1.71 bits per heavy atom. The van der Waals surface area contributed by atoms with Gasteiger partial charge in [0, 0.05) is 23.8 Å². The molecule has 0 saturated heterocycles. The molecule has 0 saturated carbocycles. The molecule has 7 heteroatoms. The minimum Gasteiger partial charge on any atom is -0.481 e. The lowest BCUT2D eigenvalue weighted by Gasteiger charge is -2.25. The molecule has 0 radical (unpaired) electrons. The second-order valence-electron chi connectivity index (χ2n) is 7.02. The van der Waals surface area contributed by atoms with Crippen LogP contribution in [-0.4, -0.2) is 35.6 Å². The zero-order valence-corrected chi connectivity index (χ0v) is 16.2. The van der Waals surface area contributed by atoms with Crippen LogP contribution in [0.15, 0.2) is 54.6 Å². The lowest BCUT2D eigenvalue weighted by molar-refractivity contribution is -0.142. The average Bonchev–Trinajstić information content (AvgIpc) is 2.65. The SMILES string of the molecule is CC(C)NC(=O)Nc1cccc(C(=O)NCC(C)(C(=O)O)c2ccccc2)c1. The predicted molar refractivity (Wildman–Crippen MR) is 107 cm³/mol. The van der Waals surface area contributed by atoms with Gasteiger partial charge in [0.25, 0.3) is 5.91 Å². The first-order valence-electron chi connectivity index (χ1n) is 8.97. The lowest BCUT2D eigenvalue weighted by atomic mass is 9.82. The van der Waals surface area contributed by atoms with E-state index < -0.39 is 17.3 Å². The van der Waals surface area contributed by atoms with Gasteiger partial charge in [0.05, 0.1) is 0 Å². The van der Waals surface area contributed by atoms with Gasteiger partial charge in [-0.25, -0.2) is 4.79 Å². The van der Waals surface area contributed by atoms with Crippen LogP contribution in [0.2, 0.25) is 0 Å². The molecule has 1 unspecified atom stereocenters. The summed E-state index contributed by atoms with van der Waals surface area (Å²) >= 11 is 0. The summed E-state index contributed by atoms with van der Waals surface area (Å²) in [4.78, 5) is 36.2. The highest BCUT2D eigenvalue weighted by atomic mass is 16.4. The normalized spacial score (nSPS) is 12.7. The molecule has 2 aromatic carbocycles. The van der Waals surface area contributed by atoms with Crippen LogP contribution in [0.3, 0.4) is 0 Å². The van der Waals surface area contributed by atoms with Gasteiger partial charge in [0.1, 0.15) is 5.41 Å². The smallest absolute Gasteiger partial charge is 0.319 e. The summed E-state index contributed by atoms with van der Waals surface area (Å²) in [5, 5.41) is 17.7. The van der Waals surface area contributed by atoms with Crippen molar-refractivity contribution in [3.63, 3.8) is 0 Å². The fourth-order valence-electron chi connectivity index (χ4n) is 2.63. The molecule has 3 amide bonds. The Kier molecular flexibility index (Phi) is 6.76. The second kappa shape index (κ2) is 9.03. The Bertz CT molecular complexity index is 852. The molecule has 2 rings (SSSR count). The third-order valence-corrected chi connectivity index (χ3v) is 4.29. The van der Waals surface area contributed by atoms with Gasteiger partial charge < -0.3 is 21.1 Å². The van der Waals surface area contributed by atoms with Crippen molar-refractivity contribution in [2.45, 2.75) is 32.2 Å². The van der Waals surface area contributed by atoms with Gasteiger partial charge in [-0.3, -0.25) is 9.59 Å². The number of carbonyl (C=O) groups excluding carboxylic acids is 2. The van der Waals surface area contributed by atoms with E-state index in [9.17, 15) is 19.5 Å². The molecule has 148 valence electrons. The summed E-state index contributed by atoms with van der Waals surface area (Å²) in [5.41, 5.74) is 0.130. The Morgan fingerprint density at radius 3 is 2.32 bits per heavy atom. The van der Waals surface area contributed by atoms with Crippen LogP contribution in [0, 0.1) is 0 Å². The topological polar surface area (TPSA) is 108 Å². The van der Waals surface area contributed by atoms with Gasteiger partial charge in [0.2, 0.25) is 0 Å². The number of carbonyl (C=O) groups is 3. The number of rotatable bonds is 7. The van der Waals surface area contributed by atoms with Crippen LogP contribution in [0.4, 0.5) is 10.5 Å². The highest BCUT2D eigenvalue weighted by molar-refractivity contribution is 5.97. The van der Waals surface area contributed by atoms with Crippen molar-refractivity contribution in [2.75, 3.05) is 11.9 Å². The van der Waals surface area contributed by atoms with E-state index in [4.69, 9.17) is 0 Å². The van der Waals surface area contributed by atoms with Crippen molar-refractivity contribution in [3.05, 3.63) is 65.7 Å².